The van der Waals surface area contributed by atoms with E-state index in [4.69, 9.17) is 15.0 Å². The highest BCUT2D eigenvalue weighted by Gasteiger charge is 2.20. The topological polar surface area (TPSA) is 38.7 Å². The average Bonchev–Trinajstić information content (AvgIpc) is 3.57. The summed E-state index contributed by atoms with van der Waals surface area (Å²) in [7, 11) is 0. The third-order valence-electron chi connectivity index (χ3n) is 7.68. The first kappa shape index (κ1) is 22.1. The molecule has 186 valence electrons. The molecule has 0 bridgehead atoms. The lowest BCUT2D eigenvalue weighted by molar-refractivity contribution is 1.21. The number of hydrogen-bond acceptors (Lipinski definition) is 5. The van der Waals surface area contributed by atoms with Gasteiger partial charge in [-0.1, -0.05) is 91.0 Å². The fourth-order valence-corrected chi connectivity index (χ4v) is 8.11. The summed E-state index contributed by atoms with van der Waals surface area (Å²) in [6, 6.07) is 40.6. The number of pyridine rings is 1. The van der Waals surface area contributed by atoms with Crippen LogP contribution in [0.1, 0.15) is 0 Å². The van der Waals surface area contributed by atoms with E-state index < -0.39 is 0 Å². The van der Waals surface area contributed by atoms with Crippen molar-refractivity contribution in [3.63, 3.8) is 0 Å². The number of fused-ring (bicyclic) bond motifs is 9. The second kappa shape index (κ2) is 8.39. The molecular weight excluding hydrogens is 527 g/mol. The third-order valence-corrected chi connectivity index (χ3v) is 9.98. The summed E-state index contributed by atoms with van der Waals surface area (Å²) < 4.78 is 4.89. The van der Waals surface area contributed by atoms with Gasteiger partial charge in [0.25, 0.3) is 0 Å². The predicted octanol–water partition coefficient (Wildman–Crippen LogP) is 10.2. The lowest BCUT2D eigenvalue weighted by Crippen LogP contribution is -1.97. The minimum Gasteiger partial charge on any atom is -0.244 e. The van der Waals surface area contributed by atoms with Crippen molar-refractivity contribution in [1.29, 1.82) is 0 Å². The highest BCUT2D eigenvalue weighted by atomic mass is 32.1. The van der Waals surface area contributed by atoms with Crippen LogP contribution >= 0.6 is 22.7 Å². The number of rotatable bonds is 2. The number of nitrogens with zero attached hydrogens (tertiary/aromatic N) is 3. The molecule has 4 heterocycles. The van der Waals surface area contributed by atoms with Crippen LogP contribution in [0, 0.1) is 0 Å². The molecule has 0 fully saturated rings. The van der Waals surface area contributed by atoms with Crippen molar-refractivity contribution in [3.8, 4) is 22.8 Å². The lowest BCUT2D eigenvalue weighted by Gasteiger charge is -2.11. The molecule has 9 aromatic rings. The predicted molar refractivity (Wildman–Crippen MR) is 171 cm³/mol. The Morgan fingerprint density at radius 3 is 1.93 bits per heavy atom. The van der Waals surface area contributed by atoms with E-state index in [-0.39, 0.29) is 0 Å². The molecule has 0 unspecified atom stereocenters. The van der Waals surface area contributed by atoms with Gasteiger partial charge in [-0.2, -0.15) is 0 Å². The van der Waals surface area contributed by atoms with Crippen LogP contribution in [0.4, 0.5) is 0 Å². The molecule has 3 nitrogen and oxygen atoms in total. The molecule has 0 radical (unpaired) electrons. The van der Waals surface area contributed by atoms with Gasteiger partial charge in [-0.3, -0.25) is 0 Å². The number of benzene rings is 5. The van der Waals surface area contributed by atoms with E-state index in [1.807, 2.05) is 17.4 Å². The van der Waals surface area contributed by atoms with E-state index in [2.05, 4.69) is 109 Å². The summed E-state index contributed by atoms with van der Waals surface area (Å²) in [5.41, 5.74) is 4.79. The fraction of sp³-hybridized carbons (Fsp3) is 0. The van der Waals surface area contributed by atoms with Gasteiger partial charge in [0.15, 0.2) is 5.82 Å². The first-order valence-corrected chi connectivity index (χ1v) is 14.8. The Balaban J connectivity index is 1.41. The quantitative estimate of drug-likeness (QED) is 0.203. The summed E-state index contributed by atoms with van der Waals surface area (Å²) in [6.07, 6.45) is 0. The highest BCUT2D eigenvalue weighted by Crippen LogP contribution is 2.42. The molecule has 0 aliphatic rings. The molecule has 5 aromatic carbocycles. The van der Waals surface area contributed by atoms with Crippen molar-refractivity contribution < 1.29 is 0 Å². The normalized spacial score (nSPS) is 12.0. The van der Waals surface area contributed by atoms with Gasteiger partial charge in [0.05, 0.1) is 21.4 Å². The van der Waals surface area contributed by atoms with E-state index in [1.54, 1.807) is 11.3 Å². The van der Waals surface area contributed by atoms with E-state index in [9.17, 15) is 0 Å². The number of thiophene rings is 2. The van der Waals surface area contributed by atoms with Crippen LogP contribution in [0.25, 0.3) is 84.9 Å². The van der Waals surface area contributed by atoms with Crippen LogP contribution in [0.2, 0.25) is 0 Å². The minimum atomic E-state index is 0.656. The van der Waals surface area contributed by atoms with Crippen LogP contribution in [0.15, 0.2) is 115 Å². The smallest absolute Gasteiger partial charge is 0.180 e. The van der Waals surface area contributed by atoms with E-state index in [0.717, 1.165) is 48.8 Å². The van der Waals surface area contributed by atoms with Crippen molar-refractivity contribution in [3.05, 3.63) is 115 Å². The molecule has 0 aliphatic carbocycles. The van der Waals surface area contributed by atoms with Crippen molar-refractivity contribution in [2.75, 3.05) is 0 Å². The Kier molecular flexibility index (Phi) is 4.65. The summed E-state index contributed by atoms with van der Waals surface area (Å²) in [5, 5.41) is 7.06. The molecule has 0 aliphatic heterocycles. The van der Waals surface area contributed by atoms with E-state index in [0.29, 0.717) is 5.82 Å². The SMILES string of the molecule is c1ccc(-c2nc(-c3nc4cc5c(cc4c4ccccc34)sc3ccccc35)nc3c2sc2ccccc23)cc1. The molecule has 40 heavy (non-hydrogen) atoms. The van der Waals surface area contributed by atoms with Gasteiger partial charge in [-0.15, -0.1) is 22.7 Å². The molecule has 5 heteroatoms. The van der Waals surface area contributed by atoms with Gasteiger partial charge in [0, 0.05) is 46.6 Å². The molecule has 0 spiro atoms. The Bertz CT molecular complexity index is 2440. The van der Waals surface area contributed by atoms with Crippen LogP contribution in [0.3, 0.4) is 0 Å². The van der Waals surface area contributed by atoms with Crippen molar-refractivity contribution in [1.82, 2.24) is 15.0 Å². The van der Waals surface area contributed by atoms with Gasteiger partial charge in [0.2, 0.25) is 0 Å². The van der Waals surface area contributed by atoms with Gasteiger partial charge in [-0.05, 0) is 29.7 Å². The molecule has 4 aromatic heterocycles. The molecule has 0 saturated heterocycles. The molecule has 0 saturated carbocycles. The van der Waals surface area contributed by atoms with Crippen molar-refractivity contribution in [2.45, 2.75) is 0 Å². The summed E-state index contributed by atoms with van der Waals surface area (Å²) >= 11 is 3.59. The second-order valence-electron chi connectivity index (χ2n) is 10.0. The standard InChI is InChI=1S/C35H19N3S2/c1-2-10-20(11-3-1)31-34-32(24-15-7-9-17-29(24)40-34)38-35(37-31)33-23-14-5-4-12-21(23)25-19-30-26(18-27(25)36-33)22-13-6-8-16-28(22)39-30/h1-19H. The van der Waals surface area contributed by atoms with Gasteiger partial charge >= 0.3 is 0 Å². The maximum atomic E-state index is 5.30. The molecule has 0 atom stereocenters. The van der Waals surface area contributed by atoms with Crippen molar-refractivity contribution in [2.24, 2.45) is 0 Å². The largest absolute Gasteiger partial charge is 0.244 e. The first-order chi connectivity index (χ1) is 19.8. The minimum absolute atomic E-state index is 0.656. The lowest BCUT2D eigenvalue weighted by atomic mass is 10.0. The van der Waals surface area contributed by atoms with Crippen LogP contribution < -0.4 is 0 Å². The second-order valence-corrected chi connectivity index (χ2v) is 12.1. The Labute approximate surface area is 237 Å². The van der Waals surface area contributed by atoms with Crippen LogP contribution in [-0.2, 0) is 0 Å². The monoisotopic (exact) mass is 545 g/mol. The molecule has 9 rings (SSSR count). The maximum Gasteiger partial charge on any atom is 0.180 e. The van der Waals surface area contributed by atoms with Crippen molar-refractivity contribution >= 4 is 84.8 Å². The summed E-state index contributed by atoms with van der Waals surface area (Å²) in [5.74, 6) is 0.656. The number of hydrogen-bond donors (Lipinski definition) is 0. The van der Waals surface area contributed by atoms with Gasteiger partial charge in [-0.25, -0.2) is 15.0 Å². The Morgan fingerprint density at radius 2 is 1.10 bits per heavy atom. The Hall–Kier alpha value is -4.71. The zero-order valence-electron chi connectivity index (χ0n) is 21.1. The summed E-state index contributed by atoms with van der Waals surface area (Å²) in [4.78, 5) is 15.8. The average molecular weight is 546 g/mol. The first-order valence-electron chi connectivity index (χ1n) is 13.2. The van der Waals surface area contributed by atoms with E-state index >= 15 is 0 Å². The van der Waals surface area contributed by atoms with E-state index in [1.165, 1.54) is 30.3 Å². The molecule has 0 N–H and O–H groups in total. The van der Waals surface area contributed by atoms with Crippen LogP contribution in [0.5, 0.6) is 0 Å². The van der Waals surface area contributed by atoms with Gasteiger partial charge < -0.3 is 0 Å². The zero-order chi connectivity index (χ0) is 26.2. The maximum absolute atomic E-state index is 5.30. The molecular formula is C35H19N3S2. The zero-order valence-corrected chi connectivity index (χ0v) is 22.8. The third kappa shape index (κ3) is 3.19. The Morgan fingerprint density at radius 1 is 0.425 bits per heavy atom. The fourth-order valence-electron chi connectivity index (χ4n) is 5.83. The highest BCUT2D eigenvalue weighted by molar-refractivity contribution is 7.26. The summed E-state index contributed by atoms with van der Waals surface area (Å²) in [6.45, 7) is 0. The van der Waals surface area contributed by atoms with Crippen LogP contribution in [-0.4, -0.2) is 15.0 Å². The molecule has 0 amide bonds. The number of aromatic nitrogens is 3. The van der Waals surface area contributed by atoms with Gasteiger partial charge in [0.1, 0.15) is 5.69 Å².